The van der Waals surface area contributed by atoms with Gasteiger partial charge in [0.2, 0.25) is 0 Å². The van der Waals surface area contributed by atoms with Gasteiger partial charge in [0.15, 0.2) is 5.96 Å². The molecule has 98 valence electrons. The molecule has 3 nitrogen and oxygen atoms in total. The van der Waals surface area contributed by atoms with Gasteiger partial charge in [-0.1, -0.05) is 0 Å². The molecule has 0 saturated carbocycles. The zero-order valence-electron chi connectivity index (χ0n) is 9.83. The number of nitrogens with zero attached hydrogens (tertiary/aromatic N) is 1. The number of nitrogens with one attached hydrogen (secondary N) is 2. The summed E-state index contributed by atoms with van der Waals surface area (Å²) in [6.07, 6.45) is 2.10. The number of aliphatic imine (C=N–C) groups is 1. The summed E-state index contributed by atoms with van der Waals surface area (Å²) < 4.78 is 1.14. The summed E-state index contributed by atoms with van der Waals surface area (Å²) in [5, 5.41) is 8.62. The van der Waals surface area contributed by atoms with Gasteiger partial charge in [-0.15, -0.1) is 35.3 Å². The average molecular weight is 450 g/mol. The molecule has 1 aromatic heterocycles. The molecule has 1 heterocycles. The Labute approximate surface area is 136 Å². The summed E-state index contributed by atoms with van der Waals surface area (Å²) in [6.45, 7) is 1.75. The van der Waals surface area contributed by atoms with Crippen LogP contribution in [0.25, 0.3) is 0 Å². The van der Waals surface area contributed by atoms with E-state index in [0.717, 1.165) is 29.3 Å². The van der Waals surface area contributed by atoms with E-state index in [0.29, 0.717) is 0 Å². The highest BCUT2D eigenvalue weighted by atomic mass is 127. The Morgan fingerprint density at radius 3 is 2.82 bits per heavy atom. The Bertz CT molecular complexity index is 344. The Balaban J connectivity index is 0.00000256. The number of rotatable bonds is 5. The number of hydrogen-bond acceptors (Lipinski definition) is 3. The molecule has 0 fully saturated rings. The van der Waals surface area contributed by atoms with Crippen LogP contribution < -0.4 is 10.6 Å². The highest BCUT2D eigenvalue weighted by Crippen LogP contribution is 2.19. The third kappa shape index (κ3) is 7.53. The van der Waals surface area contributed by atoms with Gasteiger partial charge in [-0.3, -0.25) is 4.99 Å². The third-order valence-corrected chi connectivity index (χ3v) is 4.18. The van der Waals surface area contributed by atoms with Crippen molar-refractivity contribution in [1.29, 1.82) is 0 Å². The van der Waals surface area contributed by atoms with E-state index in [1.54, 1.807) is 18.4 Å². The Hall–Kier alpha value is 0.530. The normalized spacial score (nSPS) is 10.9. The minimum absolute atomic E-state index is 0. The third-order valence-electron chi connectivity index (χ3n) is 1.87. The van der Waals surface area contributed by atoms with Crippen LogP contribution in [-0.4, -0.2) is 31.6 Å². The predicted molar refractivity (Wildman–Crippen MR) is 94.0 cm³/mol. The molecule has 0 bridgehead atoms. The van der Waals surface area contributed by atoms with Gasteiger partial charge >= 0.3 is 0 Å². The maximum Gasteiger partial charge on any atom is 0.191 e. The van der Waals surface area contributed by atoms with Crippen molar-refractivity contribution < 1.29 is 0 Å². The van der Waals surface area contributed by atoms with Crippen LogP contribution in [0.15, 0.2) is 20.9 Å². The van der Waals surface area contributed by atoms with Crippen LogP contribution in [0.1, 0.15) is 4.88 Å². The van der Waals surface area contributed by atoms with E-state index in [-0.39, 0.29) is 24.0 Å². The lowest BCUT2D eigenvalue weighted by atomic mass is 10.5. The second kappa shape index (κ2) is 10.5. The van der Waals surface area contributed by atoms with Crippen LogP contribution in [-0.2, 0) is 6.54 Å². The maximum atomic E-state index is 4.16. The lowest BCUT2D eigenvalue weighted by Gasteiger charge is -2.10. The van der Waals surface area contributed by atoms with E-state index in [1.165, 1.54) is 4.88 Å². The summed E-state index contributed by atoms with van der Waals surface area (Å²) in [6, 6.07) is 2.12. The number of halogens is 2. The zero-order chi connectivity index (χ0) is 11.8. The maximum absolute atomic E-state index is 4.16. The van der Waals surface area contributed by atoms with Gasteiger partial charge in [0, 0.05) is 34.1 Å². The minimum Gasteiger partial charge on any atom is -0.356 e. The molecule has 1 aromatic rings. The largest absolute Gasteiger partial charge is 0.356 e. The summed E-state index contributed by atoms with van der Waals surface area (Å²) >= 11 is 7.00. The van der Waals surface area contributed by atoms with Gasteiger partial charge in [0.05, 0.1) is 6.54 Å². The minimum atomic E-state index is 0. The number of guanidine groups is 1. The Kier molecular flexibility index (Phi) is 10.8. The van der Waals surface area contributed by atoms with Crippen molar-refractivity contribution in [3.8, 4) is 0 Å². The fourth-order valence-electron chi connectivity index (χ4n) is 1.11. The molecule has 0 aliphatic rings. The van der Waals surface area contributed by atoms with Crippen LogP contribution in [0.5, 0.6) is 0 Å². The molecule has 0 saturated heterocycles. The van der Waals surface area contributed by atoms with E-state index in [2.05, 4.69) is 49.3 Å². The van der Waals surface area contributed by atoms with Crippen molar-refractivity contribution in [1.82, 2.24) is 10.6 Å². The van der Waals surface area contributed by atoms with Crippen molar-refractivity contribution >= 4 is 69.0 Å². The molecular formula is C10H17BrIN3S2. The number of thiophene rings is 1. The topological polar surface area (TPSA) is 36.4 Å². The summed E-state index contributed by atoms with van der Waals surface area (Å²) in [5.41, 5.74) is 0. The molecule has 0 spiro atoms. The number of hydrogen-bond donors (Lipinski definition) is 2. The van der Waals surface area contributed by atoms with Crippen molar-refractivity contribution in [2.75, 3.05) is 25.6 Å². The van der Waals surface area contributed by atoms with Crippen LogP contribution >= 0.6 is 63.0 Å². The Morgan fingerprint density at radius 2 is 2.29 bits per heavy atom. The second-order valence-electron chi connectivity index (χ2n) is 3.08. The SMILES string of the molecule is CN=C(NCCSC)NCc1cc(Br)cs1.I. The monoisotopic (exact) mass is 449 g/mol. The molecule has 0 radical (unpaired) electrons. The van der Waals surface area contributed by atoms with Gasteiger partial charge in [-0.2, -0.15) is 11.8 Å². The van der Waals surface area contributed by atoms with Crippen LogP contribution in [0.4, 0.5) is 0 Å². The van der Waals surface area contributed by atoms with Crippen molar-refractivity contribution in [3.63, 3.8) is 0 Å². The van der Waals surface area contributed by atoms with Crippen LogP contribution in [0.3, 0.4) is 0 Å². The lowest BCUT2D eigenvalue weighted by Crippen LogP contribution is -2.37. The number of thioether (sulfide) groups is 1. The van der Waals surface area contributed by atoms with Crippen LogP contribution in [0, 0.1) is 0 Å². The molecule has 0 aliphatic carbocycles. The molecule has 0 aliphatic heterocycles. The average Bonchev–Trinajstić information content (AvgIpc) is 2.69. The first kappa shape index (κ1) is 17.5. The van der Waals surface area contributed by atoms with E-state index >= 15 is 0 Å². The first-order valence-electron chi connectivity index (χ1n) is 4.92. The van der Waals surface area contributed by atoms with Crippen molar-refractivity contribution in [3.05, 3.63) is 20.8 Å². The first-order valence-corrected chi connectivity index (χ1v) is 7.99. The molecule has 0 atom stereocenters. The predicted octanol–water partition coefficient (Wildman–Crippen LogP) is 3.16. The Morgan fingerprint density at radius 1 is 1.53 bits per heavy atom. The van der Waals surface area contributed by atoms with Gasteiger partial charge in [-0.25, -0.2) is 0 Å². The van der Waals surface area contributed by atoms with Crippen molar-refractivity contribution in [2.45, 2.75) is 6.54 Å². The molecular weight excluding hydrogens is 433 g/mol. The first-order chi connectivity index (χ1) is 7.76. The summed E-state index contributed by atoms with van der Waals surface area (Å²) in [7, 11) is 1.79. The van der Waals surface area contributed by atoms with Gasteiger partial charge in [0.1, 0.15) is 0 Å². The zero-order valence-corrected chi connectivity index (χ0v) is 15.4. The van der Waals surface area contributed by atoms with Gasteiger partial charge < -0.3 is 10.6 Å². The lowest BCUT2D eigenvalue weighted by molar-refractivity contribution is 0.841. The standard InChI is InChI=1S/C10H16BrN3S2.HI/c1-12-10(13-3-4-15-2)14-6-9-5-8(11)7-16-9;/h5,7H,3-4,6H2,1-2H3,(H2,12,13,14);1H. The highest BCUT2D eigenvalue weighted by molar-refractivity contribution is 14.0. The molecule has 1 rings (SSSR count). The molecule has 2 N–H and O–H groups in total. The molecule has 0 aromatic carbocycles. The highest BCUT2D eigenvalue weighted by Gasteiger charge is 1.99. The van der Waals surface area contributed by atoms with Gasteiger partial charge in [-0.05, 0) is 28.3 Å². The van der Waals surface area contributed by atoms with Crippen molar-refractivity contribution in [2.24, 2.45) is 4.99 Å². The van der Waals surface area contributed by atoms with E-state index in [4.69, 9.17) is 0 Å². The summed E-state index contributed by atoms with van der Waals surface area (Å²) in [4.78, 5) is 5.45. The van der Waals surface area contributed by atoms with Crippen LogP contribution in [0.2, 0.25) is 0 Å². The molecule has 17 heavy (non-hydrogen) atoms. The quantitative estimate of drug-likeness (QED) is 0.313. The fourth-order valence-corrected chi connectivity index (χ4v) is 2.81. The fraction of sp³-hybridized carbons (Fsp3) is 0.500. The van der Waals surface area contributed by atoms with E-state index in [9.17, 15) is 0 Å². The molecule has 0 unspecified atom stereocenters. The summed E-state index contributed by atoms with van der Waals surface area (Å²) in [5.74, 6) is 1.95. The van der Waals surface area contributed by atoms with Gasteiger partial charge in [0.25, 0.3) is 0 Å². The van der Waals surface area contributed by atoms with E-state index in [1.807, 2.05) is 11.8 Å². The van der Waals surface area contributed by atoms with E-state index < -0.39 is 0 Å². The second-order valence-corrected chi connectivity index (χ2v) is 5.97. The molecule has 0 amide bonds. The smallest absolute Gasteiger partial charge is 0.191 e. The molecule has 7 heteroatoms.